The number of nitrogens with zero attached hydrogens (tertiary/aromatic N) is 1. The summed E-state index contributed by atoms with van der Waals surface area (Å²) in [6, 6.07) is 0. The first-order chi connectivity index (χ1) is 7.89. The van der Waals surface area contributed by atoms with E-state index in [0.29, 0.717) is 0 Å². The molecule has 1 heterocycles. The summed E-state index contributed by atoms with van der Waals surface area (Å²) in [6.07, 6.45) is 7.94. The Morgan fingerprint density at radius 3 is 1.32 bits per heavy atom. The summed E-state index contributed by atoms with van der Waals surface area (Å²) in [6.45, 7) is 7.29. The molecular formula is C13H29Cl2N3Ti-2. The van der Waals surface area contributed by atoms with Crippen LogP contribution in [0.3, 0.4) is 0 Å². The number of halogens is 2. The molecule has 0 aliphatic carbocycles. The summed E-state index contributed by atoms with van der Waals surface area (Å²) >= 11 is 0. The van der Waals surface area contributed by atoms with E-state index < -0.39 is 0 Å². The van der Waals surface area contributed by atoms with Gasteiger partial charge in [-0.2, -0.15) is 0 Å². The summed E-state index contributed by atoms with van der Waals surface area (Å²) in [5.41, 5.74) is 0. The van der Waals surface area contributed by atoms with E-state index in [1.165, 1.54) is 77.8 Å². The molecule has 1 saturated heterocycles. The molecule has 0 unspecified atom stereocenters. The largest absolute Gasteiger partial charge is 1.00 e. The third-order valence-electron chi connectivity index (χ3n) is 3.24. The van der Waals surface area contributed by atoms with Crippen LogP contribution in [0.25, 0.3) is 0 Å². The van der Waals surface area contributed by atoms with Crippen LogP contribution in [-0.2, 0) is 21.7 Å². The van der Waals surface area contributed by atoms with Crippen LogP contribution >= 0.6 is 0 Å². The van der Waals surface area contributed by atoms with Crippen molar-refractivity contribution in [3.8, 4) is 0 Å². The van der Waals surface area contributed by atoms with E-state index in [4.69, 9.17) is 0 Å². The Bertz CT molecular complexity index is 149. The molecule has 1 aliphatic heterocycles. The van der Waals surface area contributed by atoms with Crippen LogP contribution in [0.2, 0.25) is 0 Å². The molecular weight excluding hydrogens is 317 g/mol. The van der Waals surface area contributed by atoms with Crippen LogP contribution < -0.4 is 35.4 Å². The van der Waals surface area contributed by atoms with Gasteiger partial charge in [-0.1, -0.05) is 0 Å². The minimum absolute atomic E-state index is 0. The van der Waals surface area contributed by atoms with Crippen molar-refractivity contribution in [2.45, 2.75) is 38.5 Å². The Kier molecular flexibility index (Phi) is 25.4. The smallest absolute Gasteiger partial charge is 0 e. The standard InChI is InChI=1S/C13H29N3.2ClH.Ti/c1-16-12-6-4-10-14-8-2-3-9-15-11-5-7-13-16;;;/h14-15H,2-13H2,1H3;2*1H;/p-2. The van der Waals surface area contributed by atoms with Crippen LogP contribution in [0.4, 0.5) is 0 Å². The van der Waals surface area contributed by atoms with Gasteiger partial charge in [0.15, 0.2) is 0 Å². The first kappa shape index (κ1) is 25.1. The summed E-state index contributed by atoms with van der Waals surface area (Å²) < 4.78 is 0. The Hall–Kier alpha value is 1.17. The molecule has 0 spiro atoms. The summed E-state index contributed by atoms with van der Waals surface area (Å²) in [7, 11) is 2.25. The van der Waals surface area contributed by atoms with Gasteiger partial charge in [-0.15, -0.1) is 0 Å². The van der Waals surface area contributed by atoms with Crippen molar-refractivity contribution in [1.29, 1.82) is 0 Å². The summed E-state index contributed by atoms with van der Waals surface area (Å²) in [4.78, 5) is 2.47. The van der Waals surface area contributed by atoms with Gasteiger partial charge in [-0.25, -0.2) is 0 Å². The molecule has 6 heteroatoms. The minimum atomic E-state index is 0. The molecule has 0 bridgehead atoms. The molecule has 0 aromatic rings. The molecule has 1 aliphatic rings. The van der Waals surface area contributed by atoms with Gasteiger partial charge < -0.3 is 40.3 Å². The Balaban J connectivity index is -0.000000853. The van der Waals surface area contributed by atoms with Gasteiger partial charge >= 0.3 is 0 Å². The average molecular weight is 346 g/mol. The number of hydrogen-bond donors (Lipinski definition) is 2. The van der Waals surface area contributed by atoms with Crippen molar-refractivity contribution in [3.63, 3.8) is 0 Å². The fraction of sp³-hybridized carbons (Fsp3) is 1.00. The van der Waals surface area contributed by atoms with Crippen molar-refractivity contribution >= 4 is 0 Å². The van der Waals surface area contributed by atoms with E-state index in [0.717, 1.165) is 0 Å². The van der Waals surface area contributed by atoms with E-state index in [9.17, 15) is 0 Å². The first-order valence-corrected chi connectivity index (χ1v) is 6.99. The van der Waals surface area contributed by atoms with Gasteiger partial charge in [0.2, 0.25) is 0 Å². The van der Waals surface area contributed by atoms with E-state index >= 15 is 0 Å². The van der Waals surface area contributed by atoms with Crippen molar-refractivity contribution in [2.24, 2.45) is 0 Å². The third-order valence-corrected chi connectivity index (χ3v) is 3.24. The second-order valence-corrected chi connectivity index (χ2v) is 4.92. The summed E-state index contributed by atoms with van der Waals surface area (Å²) in [5.74, 6) is 0. The normalized spacial score (nSPS) is 20.7. The molecule has 0 amide bonds. The number of hydrogen-bond acceptors (Lipinski definition) is 3. The Labute approximate surface area is 146 Å². The fourth-order valence-corrected chi connectivity index (χ4v) is 2.13. The molecule has 19 heavy (non-hydrogen) atoms. The van der Waals surface area contributed by atoms with Crippen molar-refractivity contribution in [1.82, 2.24) is 15.5 Å². The van der Waals surface area contributed by atoms with E-state index in [1.807, 2.05) is 0 Å². The molecule has 0 saturated carbocycles. The maximum absolute atomic E-state index is 3.52. The second-order valence-electron chi connectivity index (χ2n) is 4.92. The van der Waals surface area contributed by atoms with Gasteiger partial charge in [-0.3, -0.25) is 0 Å². The third kappa shape index (κ3) is 17.1. The summed E-state index contributed by atoms with van der Waals surface area (Å²) in [5, 5.41) is 7.05. The number of rotatable bonds is 0. The van der Waals surface area contributed by atoms with Crippen LogP contribution in [0.1, 0.15) is 38.5 Å². The predicted octanol–water partition coefficient (Wildman–Crippen LogP) is -4.54. The molecule has 116 valence electrons. The van der Waals surface area contributed by atoms with Gasteiger partial charge in [0.1, 0.15) is 0 Å². The van der Waals surface area contributed by atoms with Gasteiger partial charge in [0.05, 0.1) is 0 Å². The molecule has 1 fully saturated rings. The zero-order chi connectivity index (χ0) is 11.5. The Morgan fingerprint density at radius 2 is 0.947 bits per heavy atom. The van der Waals surface area contributed by atoms with Gasteiger partial charge in [0, 0.05) is 21.7 Å². The topological polar surface area (TPSA) is 27.3 Å². The van der Waals surface area contributed by atoms with E-state index in [1.54, 1.807) is 0 Å². The predicted molar refractivity (Wildman–Crippen MR) is 70.9 cm³/mol. The van der Waals surface area contributed by atoms with Crippen LogP contribution in [-0.4, -0.2) is 51.2 Å². The Morgan fingerprint density at radius 1 is 0.632 bits per heavy atom. The molecule has 0 radical (unpaired) electrons. The van der Waals surface area contributed by atoms with Crippen molar-refractivity contribution in [2.75, 3.05) is 46.3 Å². The number of nitrogens with one attached hydrogen (secondary N) is 2. The fourth-order valence-electron chi connectivity index (χ4n) is 2.13. The molecule has 3 nitrogen and oxygen atoms in total. The maximum Gasteiger partial charge on any atom is 0 e. The van der Waals surface area contributed by atoms with Crippen molar-refractivity contribution < 1.29 is 46.5 Å². The van der Waals surface area contributed by atoms with E-state index in [-0.39, 0.29) is 46.5 Å². The quantitative estimate of drug-likeness (QED) is 0.433. The molecule has 0 aromatic carbocycles. The zero-order valence-corrected chi connectivity index (χ0v) is 15.3. The van der Waals surface area contributed by atoms with Gasteiger partial charge in [0.25, 0.3) is 0 Å². The van der Waals surface area contributed by atoms with Crippen molar-refractivity contribution in [3.05, 3.63) is 0 Å². The minimum Gasteiger partial charge on any atom is -1.00 e. The van der Waals surface area contributed by atoms with E-state index in [2.05, 4.69) is 22.6 Å². The maximum atomic E-state index is 3.52. The van der Waals surface area contributed by atoms with Crippen LogP contribution in [0.15, 0.2) is 0 Å². The molecule has 1 rings (SSSR count). The van der Waals surface area contributed by atoms with Crippen LogP contribution in [0.5, 0.6) is 0 Å². The molecule has 0 atom stereocenters. The molecule has 2 N–H and O–H groups in total. The zero-order valence-electron chi connectivity index (χ0n) is 12.2. The average Bonchev–Trinajstić information content (AvgIpc) is 2.29. The first-order valence-electron chi connectivity index (χ1n) is 6.99. The second kappa shape index (κ2) is 19.2. The SMILES string of the molecule is CN1CCCCNCCCCNCCCC1.[Cl-].[Cl-].[Ti]. The van der Waals surface area contributed by atoms with Crippen LogP contribution in [0, 0.1) is 0 Å². The monoisotopic (exact) mass is 345 g/mol. The molecule has 0 aromatic heterocycles. The van der Waals surface area contributed by atoms with Gasteiger partial charge in [-0.05, 0) is 84.8 Å².